The Hall–Kier alpha value is -1.77. The van der Waals surface area contributed by atoms with Crippen LogP contribution in [0.1, 0.15) is 116 Å². The van der Waals surface area contributed by atoms with Gasteiger partial charge in [0, 0.05) is 0 Å². The molecule has 0 nitrogen and oxygen atoms in total. The number of hydrogen-bond donors (Lipinski definition) is 0. The lowest BCUT2D eigenvalue weighted by Crippen LogP contribution is -2.00. The maximum absolute atomic E-state index is 13.5. The second kappa shape index (κ2) is 12.7. The van der Waals surface area contributed by atoms with E-state index in [1.54, 1.807) is 6.07 Å². The van der Waals surface area contributed by atoms with Crippen molar-refractivity contribution in [1.29, 1.82) is 0 Å². The van der Waals surface area contributed by atoms with E-state index in [9.17, 15) is 13.2 Å². The predicted molar refractivity (Wildman–Crippen MR) is 123 cm³/mol. The zero-order valence-electron chi connectivity index (χ0n) is 17.8. The number of benzene rings is 2. The van der Waals surface area contributed by atoms with Crippen LogP contribution in [-0.2, 0) is 0 Å². The van der Waals surface area contributed by atoms with Crippen LogP contribution in [0, 0.1) is 17.5 Å². The monoisotopic (exact) mass is 410 g/mol. The SMILES string of the molecule is C.C.CC(C)c1cc(F)c(C(C)C)cc1F.CC(C)c1ccc(C(C)C)c(F)c1. The van der Waals surface area contributed by atoms with Crippen molar-refractivity contribution >= 4 is 0 Å². The fourth-order valence-electron chi connectivity index (χ4n) is 2.83. The van der Waals surface area contributed by atoms with E-state index < -0.39 is 0 Å². The number of hydrogen-bond acceptors (Lipinski definition) is 0. The first-order chi connectivity index (χ1) is 12.5. The largest absolute Gasteiger partial charge is 0.207 e. The van der Waals surface area contributed by atoms with Gasteiger partial charge in [0.1, 0.15) is 17.5 Å². The number of halogens is 3. The van der Waals surface area contributed by atoms with Gasteiger partial charge in [0.25, 0.3) is 0 Å². The lowest BCUT2D eigenvalue weighted by atomic mass is 9.96. The smallest absolute Gasteiger partial charge is 0.127 e. The molecule has 3 heteroatoms. The first-order valence-electron chi connectivity index (χ1n) is 9.73. The highest BCUT2D eigenvalue weighted by Gasteiger charge is 2.14. The quantitative estimate of drug-likeness (QED) is 0.470. The third kappa shape index (κ3) is 8.24. The molecule has 0 radical (unpaired) electrons. The zero-order chi connectivity index (χ0) is 20.9. The molecular formula is C26H41F3. The molecule has 0 spiro atoms. The molecule has 0 unspecified atom stereocenters. The van der Waals surface area contributed by atoms with E-state index in [0.29, 0.717) is 17.0 Å². The van der Waals surface area contributed by atoms with Gasteiger partial charge in [0.15, 0.2) is 0 Å². The predicted octanol–water partition coefficient (Wildman–Crippen LogP) is 9.56. The van der Waals surface area contributed by atoms with E-state index in [-0.39, 0.29) is 50.1 Å². The van der Waals surface area contributed by atoms with E-state index in [1.807, 2.05) is 53.7 Å². The Morgan fingerprint density at radius 1 is 0.483 bits per heavy atom. The molecular weight excluding hydrogens is 369 g/mol. The van der Waals surface area contributed by atoms with Gasteiger partial charge in [-0.3, -0.25) is 0 Å². The minimum absolute atomic E-state index is 0. The highest BCUT2D eigenvalue weighted by molar-refractivity contribution is 5.30. The third-order valence-corrected chi connectivity index (χ3v) is 4.67. The Labute approximate surface area is 177 Å². The van der Waals surface area contributed by atoms with Gasteiger partial charge in [-0.05, 0) is 64.1 Å². The minimum Gasteiger partial charge on any atom is -0.207 e. The Kier molecular flexibility index (Phi) is 12.9. The van der Waals surface area contributed by atoms with Gasteiger partial charge < -0.3 is 0 Å². The normalized spacial score (nSPS) is 10.6. The van der Waals surface area contributed by atoms with Crippen LogP contribution < -0.4 is 0 Å². The Morgan fingerprint density at radius 3 is 1.10 bits per heavy atom. The molecule has 0 aliphatic rings. The fraction of sp³-hybridized carbons (Fsp3) is 0.538. The van der Waals surface area contributed by atoms with Crippen LogP contribution in [-0.4, -0.2) is 0 Å². The molecule has 0 aliphatic carbocycles. The molecule has 0 aliphatic heterocycles. The van der Waals surface area contributed by atoms with E-state index in [2.05, 4.69) is 13.8 Å². The van der Waals surface area contributed by atoms with Crippen molar-refractivity contribution < 1.29 is 13.2 Å². The summed E-state index contributed by atoms with van der Waals surface area (Å²) in [6.07, 6.45) is 0. The van der Waals surface area contributed by atoms with Crippen molar-refractivity contribution in [3.63, 3.8) is 0 Å². The van der Waals surface area contributed by atoms with Gasteiger partial charge in [0.2, 0.25) is 0 Å². The van der Waals surface area contributed by atoms with Crippen LogP contribution in [0.5, 0.6) is 0 Å². The first kappa shape index (κ1) is 29.4. The molecule has 29 heavy (non-hydrogen) atoms. The summed E-state index contributed by atoms with van der Waals surface area (Å²) in [5.41, 5.74) is 2.78. The molecule has 2 aromatic carbocycles. The van der Waals surface area contributed by atoms with Crippen LogP contribution in [0.3, 0.4) is 0 Å². The Morgan fingerprint density at radius 2 is 0.828 bits per heavy atom. The summed E-state index contributed by atoms with van der Waals surface area (Å²) in [5.74, 6) is 0.0322. The van der Waals surface area contributed by atoms with Gasteiger partial charge in [-0.2, -0.15) is 0 Å². The molecule has 0 amide bonds. The molecule has 2 aromatic rings. The first-order valence-corrected chi connectivity index (χ1v) is 9.73. The maximum Gasteiger partial charge on any atom is 0.127 e. The van der Waals surface area contributed by atoms with Crippen molar-refractivity contribution in [1.82, 2.24) is 0 Å². The van der Waals surface area contributed by atoms with Gasteiger partial charge in [-0.25, -0.2) is 13.2 Å². The maximum atomic E-state index is 13.5. The van der Waals surface area contributed by atoms with Crippen molar-refractivity contribution in [2.24, 2.45) is 0 Å². The number of rotatable bonds is 4. The van der Waals surface area contributed by atoms with Crippen molar-refractivity contribution in [2.45, 2.75) is 93.9 Å². The van der Waals surface area contributed by atoms with E-state index in [4.69, 9.17) is 0 Å². The van der Waals surface area contributed by atoms with Crippen LogP contribution in [0.4, 0.5) is 13.2 Å². The summed E-state index contributed by atoms with van der Waals surface area (Å²) in [5, 5.41) is 0. The zero-order valence-corrected chi connectivity index (χ0v) is 17.8. The minimum atomic E-state index is -0.301. The standard InChI is InChI=1S/C12H16F2.C12H17F.2CH4/c1-7(2)9-5-12(14)10(8(3)4)6-11(9)13;1-8(2)10-5-6-11(9(3)4)12(13)7-10;;/h5-8H,1-4H3;5-9H,1-4H3;2*1H4. The molecule has 2 rings (SSSR count). The molecule has 0 saturated heterocycles. The van der Waals surface area contributed by atoms with Crippen LogP contribution in [0.2, 0.25) is 0 Å². The lowest BCUT2D eigenvalue weighted by Gasteiger charge is -2.12. The van der Waals surface area contributed by atoms with Crippen LogP contribution in [0.15, 0.2) is 30.3 Å². The summed E-state index contributed by atoms with van der Waals surface area (Å²) in [6, 6.07) is 8.20. The van der Waals surface area contributed by atoms with E-state index in [0.717, 1.165) is 11.1 Å². The topological polar surface area (TPSA) is 0 Å². The van der Waals surface area contributed by atoms with E-state index in [1.165, 1.54) is 12.1 Å². The highest BCUT2D eigenvalue weighted by Crippen LogP contribution is 2.26. The summed E-state index contributed by atoms with van der Waals surface area (Å²) in [6.45, 7) is 15.6. The van der Waals surface area contributed by atoms with Gasteiger partial charge in [-0.15, -0.1) is 0 Å². The fourth-order valence-corrected chi connectivity index (χ4v) is 2.83. The summed E-state index contributed by atoms with van der Waals surface area (Å²) >= 11 is 0. The third-order valence-electron chi connectivity index (χ3n) is 4.67. The van der Waals surface area contributed by atoms with Gasteiger partial charge >= 0.3 is 0 Å². The summed E-state index contributed by atoms with van der Waals surface area (Å²) in [4.78, 5) is 0. The second-order valence-corrected chi connectivity index (χ2v) is 8.29. The second-order valence-electron chi connectivity index (χ2n) is 8.29. The lowest BCUT2D eigenvalue weighted by molar-refractivity contribution is 0.557. The molecule has 0 N–H and O–H groups in total. The molecule has 0 fully saturated rings. The van der Waals surface area contributed by atoms with Crippen LogP contribution in [0.25, 0.3) is 0 Å². The Balaban J connectivity index is 0. The van der Waals surface area contributed by atoms with E-state index >= 15 is 0 Å². The average Bonchev–Trinajstić information content (AvgIpc) is 2.56. The molecule has 0 aromatic heterocycles. The van der Waals surface area contributed by atoms with Crippen LogP contribution >= 0.6 is 0 Å². The summed E-state index contributed by atoms with van der Waals surface area (Å²) < 4.78 is 40.4. The molecule has 0 bridgehead atoms. The molecule has 166 valence electrons. The highest BCUT2D eigenvalue weighted by atomic mass is 19.1. The van der Waals surface area contributed by atoms with Gasteiger partial charge in [0.05, 0.1) is 0 Å². The Bertz CT molecular complexity index is 710. The van der Waals surface area contributed by atoms with Crippen molar-refractivity contribution in [2.75, 3.05) is 0 Å². The molecule has 0 atom stereocenters. The van der Waals surface area contributed by atoms with Crippen molar-refractivity contribution in [3.05, 3.63) is 70.0 Å². The van der Waals surface area contributed by atoms with Gasteiger partial charge in [-0.1, -0.05) is 82.4 Å². The average molecular weight is 411 g/mol. The molecule has 0 heterocycles. The molecule has 0 saturated carbocycles. The van der Waals surface area contributed by atoms with Crippen molar-refractivity contribution in [3.8, 4) is 0 Å². The summed E-state index contributed by atoms with van der Waals surface area (Å²) in [7, 11) is 0.